The van der Waals surface area contributed by atoms with Gasteiger partial charge in [-0.15, -0.1) is 0 Å². The fraction of sp³-hybridized carbons (Fsp3) is 0.696. The van der Waals surface area contributed by atoms with Gasteiger partial charge in [-0.25, -0.2) is 0 Å². The van der Waals surface area contributed by atoms with Gasteiger partial charge in [0.15, 0.2) is 6.54 Å². The van der Waals surface area contributed by atoms with E-state index < -0.39 is 0 Å². The van der Waals surface area contributed by atoms with Crippen LogP contribution in [0.2, 0.25) is 0 Å². The molecule has 0 bridgehead atoms. The first-order chi connectivity index (χ1) is 12.5. The fourth-order valence-electron chi connectivity index (χ4n) is 5.06. The van der Waals surface area contributed by atoms with Crippen molar-refractivity contribution in [2.24, 2.45) is 11.8 Å². The molecule has 0 aromatic heterocycles. The van der Waals surface area contributed by atoms with E-state index in [1.54, 1.807) is 0 Å². The number of anilines is 1. The number of hydrogen-bond acceptors (Lipinski definition) is 1. The molecule has 3 atom stereocenters. The first-order valence-corrected chi connectivity index (χ1v) is 10.7. The molecule has 0 spiro atoms. The fourth-order valence-corrected chi connectivity index (χ4v) is 5.06. The molecule has 3 nitrogen and oxygen atoms in total. The second-order valence-electron chi connectivity index (χ2n) is 9.14. The predicted octanol–water partition coefficient (Wildman–Crippen LogP) is 3.97. The lowest BCUT2D eigenvalue weighted by atomic mass is 9.75. The van der Waals surface area contributed by atoms with Crippen molar-refractivity contribution in [3.8, 4) is 0 Å². The number of rotatable bonds is 5. The van der Waals surface area contributed by atoms with Crippen molar-refractivity contribution in [1.29, 1.82) is 0 Å². The van der Waals surface area contributed by atoms with Crippen LogP contribution in [0.5, 0.6) is 0 Å². The molecule has 1 amide bonds. The maximum atomic E-state index is 12.9. The zero-order valence-corrected chi connectivity index (χ0v) is 17.1. The molecule has 3 heteroatoms. The molecule has 144 valence electrons. The number of piperidine rings is 1. The lowest BCUT2D eigenvalue weighted by molar-refractivity contribution is -0.902. The third kappa shape index (κ3) is 4.49. The summed E-state index contributed by atoms with van der Waals surface area (Å²) in [5.41, 5.74) is 3.57. The maximum Gasteiger partial charge on any atom is 0.279 e. The van der Waals surface area contributed by atoms with Crippen LogP contribution in [0.15, 0.2) is 18.2 Å². The number of quaternary nitrogens is 1. The Hall–Kier alpha value is -1.35. The van der Waals surface area contributed by atoms with Gasteiger partial charge >= 0.3 is 0 Å². The molecule has 1 heterocycles. The van der Waals surface area contributed by atoms with Crippen molar-refractivity contribution >= 4 is 11.6 Å². The minimum atomic E-state index is 0.184. The summed E-state index contributed by atoms with van der Waals surface area (Å²) in [5, 5.41) is 3.30. The average Bonchev–Trinajstić information content (AvgIpc) is 2.61. The predicted molar refractivity (Wildman–Crippen MR) is 109 cm³/mol. The highest BCUT2D eigenvalue weighted by Crippen LogP contribution is 2.33. The van der Waals surface area contributed by atoms with Gasteiger partial charge in [0, 0.05) is 11.6 Å². The molecule has 1 aromatic rings. The van der Waals surface area contributed by atoms with Crippen molar-refractivity contribution < 1.29 is 9.69 Å². The molecular weight excluding hydrogens is 320 g/mol. The molecule has 1 aromatic carbocycles. The first-order valence-electron chi connectivity index (χ1n) is 10.7. The van der Waals surface area contributed by atoms with Crippen molar-refractivity contribution in [3.05, 3.63) is 29.3 Å². The van der Waals surface area contributed by atoms with E-state index in [4.69, 9.17) is 0 Å². The highest BCUT2D eigenvalue weighted by atomic mass is 16.2. The molecule has 0 radical (unpaired) electrons. The Kier molecular flexibility index (Phi) is 6.39. The van der Waals surface area contributed by atoms with Crippen molar-refractivity contribution in [2.75, 3.05) is 25.0 Å². The summed E-state index contributed by atoms with van der Waals surface area (Å²) in [6.45, 7) is 11.8. The van der Waals surface area contributed by atoms with E-state index in [0.717, 1.165) is 24.1 Å². The molecule has 26 heavy (non-hydrogen) atoms. The molecule has 3 rings (SSSR count). The van der Waals surface area contributed by atoms with E-state index in [1.807, 2.05) is 0 Å². The lowest BCUT2D eigenvalue weighted by Gasteiger charge is -2.38. The Bertz CT molecular complexity index is 596. The van der Waals surface area contributed by atoms with Crippen LogP contribution in [0.3, 0.4) is 0 Å². The van der Waals surface area contributed by atoms with E-state index in [1.165, 1.54) is 54.7 Å². The van der Waals surface area contributed by atoms with E-state index >= 15 is 0 Å². The molecule has 1 saturated heterocycles. The topological polar surface area (TPSA) is 33.5 Å². The quantitative estimate of drug-likeness (QED) is 0.821. The zero-order chi connectivity index (χ0) is 18.7. The minimum Gasteiger partial charge on any atom is -0.327 e. The van der Waals surface area contributed by atoms with Gasteiger partial charge in [0.25, 0.3) is 5.91 Å². The summed E-state index contributed by atoms with van der Waals surface area (Å²) >= 11 is 0. The Morgan fingerprint density at radius 1 is 1.04 bits per heavy atom. The third-order valence-corrected chi connectivity index (χ3v) is 6.53. The Morgan fingerprint density at radius 2 is 1.65 bits per heavy atom. The summed E-state index contributed by atoms with van der Waals surface area (Å²) in [5.74, 6) is 2.80. The maximum absolute atomic E-state index is 12.9. The van der Waals surface area contributed by atoms with Gasteiger partial charge in [0.1, 0.15) is 0 Å². The first kappa shape index (κ1) is 19.4. The van der Waals surface area contributed by atoms with Crippen LogP contribution in [0.25, 0.3) is 0 Å². The molecular formula is C23H37N2O+. The van der Waals surface area contributed by atoms with Crippen LogP contribution in [0.1, 0.15) is 82.8 Å². The van der Waals surface area contributed by atoms with Crippen LogP contribution < -0.4 is 10.2 Å². The van der Waals surface area contributed by atoms with Crippen LogP contribution in [-0.2, 0) is 4.79 Å². The van der Waals surface area contributed by atoms with E-state index in [-0.39, 0.29) is 5.91 Å². The second kappa shape index (κ2) is 8.56. The molecule has 2 fully saturated rings. The molecule has 2 aliphatic rings. The summed E-state index contributed by atoms with van der Waals surface area (Å²) in [4.78, 5) is 14.3. The van der Waals surface area contributed by atoms with E-state index in [0.29, 0.717) is 18.4 Å². The lowest BCUT2D eigenvalue weighted by Crippen LogP contribution is -3.15. The van der Waals surface area contributed by atoms with Crippen molar-refractivity contribution in [3.63, 3.8) is 0 Å². The van der Waals surface area contributed by atoms with Gasteiger partial charge in [0.05, 0.1) is 13.1 Å². The average molecular weight is 358 g/mol. The number of fused-ring (bicyclic) bond motifs is 1. The molecule has 2 N–H and O–H groups in total. The van der Waals surface area contributed by atoms with Gasteiger partial charge in [-0.1, -0.05) is 58.7 Å². The molecule has 1 aliphatic heterocycles. The molecule has 1 unspecified atom stereocenters. The Morgan fingerprint density at radius 3 is 2.27 bits per heavy atom. The summed E-state index contributed by atoms with van der Waals surface area (Å²) in [7, 11) is 0. The van der Waals surface area contributed by atoms with Gasteiger partial charge in [0.2, 0.25) is 0 Å². The number of nitrogens with one attached hydrogen (secondary N) is 2. The highest BCUT2D eigenvalue weighted by molar-refractivity contribution is 5.93. The highest BCUT2D eigenvalue weighted by Gasteiger charge is 2.34. The summed E-state index contributed by atoms with van der Waals surface area (Å²) < 4.78 is 0. The van der Waals surface area contributed by atoms with Crippen LogP contribution >= 0.6 is 0 Å². The Labute approximate surface area is 159 Å². The van der Waals surface area contributed by atoms with Gasteiger partial charge in [-0.3, -0.25) is 4.79 Å². The summed E-state index contributed by atoms with van der Waals surface area (Å²) in [6.07, 6.45) is 6.92. The smallest absolute Gasteiger partial charge is 0.279 e. The number of likely N-dealkylation sites (tertiary alicyclic amines) is 1. The number of benzene rings is 1. The Balaban J connectivity index is 1.66. The van der Waals surface area contributed by atoms with Gasteiger partial charge in [-0.05, 0) is 48.1 Å². The third-order valence-electron chi connectivity index (χ3n) is 6.53. The number of hydrogen-bond donors (Lipinski definition) is 2. The zero-order valence-electron chi connectivity index (χ0n) is 17.1. The van der Waals surface area contributed by atoms with E-state index in [9.17, 15) is 4.79 Å². The van der Waals surface area contributed by atoms with E-state index in [2.05, 4.69) is 51.2 Å². The molecule has 1 aliphatic carbocycles. The van der Waals surface area contributed by atoms with Crippen LogP contribution in [-0.4, -0.2) is 25.5 Å². The normalized spacial score (nSPS) is 26.0. The number of amides is 1. The number of carbonyl (C=O) groups is 1. The van der Waals surface area contributed by atoms with Gasteiger partial charge in [-0.2, -0.15) is 0 Å². The monoisotopic (exact) mass is 357 g/mol. The van der Waals surface area contributed by atoms with Crippen molar-refractivity contribution in [2.45, 2.75) is 71.6 Å². The largest absolute Gasteiger partial charge is 0.327 e. The summed E-state index contributed by atoms with van der Waals surface area (Å²) in [6, 6.07) is 6.44. The van der Waals surface area contributed by atoms with Crippen LogP contribution in [0, 0.1) is 11.8 Å². The number of carbonyl (C=O) groups excluding carboxylic acids is 1. The van der Waals surface area contributed by atoms with Gasteiger partial charge < -0.3 is 10.2 Å². The SMILES string of the molecule is CC(C)c1cccc(C(C)C)c1NC(=O)C[NH+]1CC[C@H]2CCCC[C@@H]2C1. The second-order valence-corrected chi connectivity index (χ2v) is 9.14. The minimum absolute atomic E-state index is 0.184. The molecule has 1 saturated carbocycles. The standard InChI is InChI=1S/C23H36N2O/c1-16(2)20-10-7-11-21(17(3)4)23(20)24-22(26)15-25-13-12-18-8-5-6-9-19(18)14-25/h7,10-11,16-19H,5-6,8-9,12-15H2,1-4H3,(H,24,26)/p+1/t18-,19-/m1/s1. The van der Waals surface area contributed by atoms with Crippen molar-refractivity contribution in [1.82, 2.24) is 0 Å². The number of para-hydroxylation sites is 1. The van der Waals surface area contributed by atoms with Crippen LogP contribution in [0.4, 0.5) is 5.69 Å².